The summed E-state index contributed by atoms with van der Waals surface area (Å²) in [4.78, 5) is 11.8. The van der Waals surface area contributed by atoms with E-state index in [1.165, 1.54) is 0 Å². The van der Waals surface area contributed by atoms with Gasteiger partial charge < -0.3 is 10.4 Å². The number of amides is 1. The summed E-state index contributed by atoms with van der Waals surface area (Å²) >= 11 is 5.91. The standard InChI is InChI=1S/C18H20ClNO2/c19-16-8-4-5-14(13-16)9-10-18(22)20-12-11-17(21)15-6-2-1-3-7-15/h1-8,13,17,21H,9-12H2,(H,20,22). The highest BCUT2D eigenvalue weighted by Gasteiger charge is 2.08. The molecule has 2 aromatic rings. The first-order chi connectivity index (χ1) is 10.6. The van der Waals surface area contributed by atoms with Crippen LogP contribution in [0.5, 0.6) is 0 Å². The Morgan fingerprint density at radius 2 is 1.91 bits per heavy atom. The van der Waals surface area contributed by atoms with E-state index in [1.807, 2.05) is 54.6 Å². The van der Waals surface area contributed by atoms with Gasteiger partial charge in [-0.05, 0) is 36.1 Å². The second-order valence-corrected chi connectivity index (χ2v) is 5.63. The first-order valence-corrected chi connectivity index (χ1v) is 7.77. The molecule has 0 saturated carbocycles. The molecule has 2 N–H and O–H groups in total. The Morgan fingerprint density at radius 3 is 2.64 bits per heavy atom. The van der Waals surface area contributed by atoms with Crippen LogP contribution in [-0.4, -0.2) is 17.6 Å². The molecule has 1 unspecified atom stereocenters. The Hall–Kier alpha value is -1.84. The minimum Gasteiger partial charge on any atom is -0.388 e. The monoisotopic (exact) mass is 317 g/mol. The summed E-state index contributed by atoms with van der Waals surface area (Å²) in [5.41, 5.74) is 1.92. The molecule has 2 aromatic carbocycles. The molecule has 0 aliphatic heterocycles. The Balaban J connectivity index is 1.68. The van der Waals surface area contributed by atoms with Gasteiger partial charge >= 0.3 is 0 Å². The van der Waals surface area contributed by atoms with Gasteiger partial charge in [-0.25, -0.2) is 0 Å². The summed E-state index contributed by atoms with van der Waals surface area (Å²) in [7, 11) is 0. The highest BCUT2D eigenvalue weighted by molar-refractivity contribution is 6.30. The van der Waals surface area contributed by atoms with Gasteiger partial charge in [-0.15, -0.1) is 0 Å². The van der Waals surface area contributed by atoms with Crippen molar-refractivity contribution in [2.45, 2.75) is 25.4 Å². The summed E-state index contributed by atoms with van der Waals surface area (Å²) in [6.07, 6.45) is 1.04. The summed E-state index contributed by atoms with van der Waals surface area (Å²) in [5, 5.41) is 13.5. The zero-order chi connectivity index (χ0) is 15.8. The molecule has 0 bridgehead atoms. The molecule has 0 saturated heterocycles. The average molecular weight is 318 g/mol. The zero-order valence-corrected chi connectivity index (χ0v) is 13.1. The predicted octanol–water partition coefficient (Wildman–Crippen LogP) is 3.51. The minimum absolute atomic E-state index is 0.0137. The van der Waals surface area contributed by atoms with Crippen LogP contribution in [0.1, 0.15) is 30.1 Å². The molecule has 22 heavy (non-hydrogen) atoms. The summed E-state index contributed by atoms with van der Waals surface area (Å²) < 4.78 is 0. The molecular formula is C18H20ClNO2. The van der Waals surface area contributed by atoms with Gasteiger partial charge in [0, 0.05) is 18.0 Å². The molecule has 2 rings (SSSR count). The Morgan fingerprint density at radius 1 is 1.14 bits per heavy atom. The lowest BCUT2D eigenvalue weighted by molar-refractivity contribution is -0.121. The van der Waals surface area contributed by atoms with Gasteiger partial charge in [-0.2, -0.15) is 0 Å². The van der Waals surface area contributed by atoms with Crippen molar-refractivity contribution in [2.24, 2.45) is 0 Å². The Labute approximate surface area is 135 Å². The number of nitrogens with one attached hydrogen (secondary N) is 1. The molecule has 0 aromatic heterocycles. The third kappa shape index (κ3) is 5.51. The number of aliphatic hydroxyl groups excluding tert-OH is 1. The summed E-state index contributed by atoms with van der Waals surface area (Å²) in [6, 6.07) is 17.0. The molecule has 0 fully saturated rings. The van der Waals surface area contributed by atoms with Crippen molar-refractivity contribution in [2.75, 3.05) is 6.54 Å². The highest BCUT2D eigenvalue weighted by Crippen LogP contribution is 2.15. The fourth-order valence-electron chi connectivity index (χ4n) is 2.23. The van der Waals surface area contributed by atoms with Crippen LogP contribution in [0.2, 0.25) is 5.02 Å². The quantitative estimate of drug-likeness (QED) is 0.821. The van der Waals surface area contributed by atoms with Crippen molar-refractivity contribution in [3.8, 4) is 0 Å². The smallest absolute Gasteiger partial charge is 0.220 e. The van der Waals surface area contributed by atoms with E-state index in [9.17, 15) is 9.90 Å². The molecule has 3 nitrogen and oxygen atoms in total. The van der Waals surface area contributed by atoms with E-state index in [1.54, 1.807) is 0 Å². The fourth-order valence-corrected chi connectivity index (χ4v) is 2.44. The van der Waals surface area contributed by atoms with Gasteiger partial charge in [0.15, 0.2) is 0 Å². The van der Waals surface area contributed by atoms with Crippen LogP contribution in [0.3, 0.4) is 0 Å². The molecular weight excluding hydrogens is 298 g/mol. The van der Waals surface area contributed by atoms with Crippen molar-refractivity contribution in [1.82, 2.24) is 5.32 Å². The van der Waals surface area contributed by atoms with E-state index in [0.29, 0.717) is 30.8 Å². The Bertz CT molecular complexity index is 601. The van der Waals surface area contributed by atoms with E-state index in [-0.39, 0.29) is 5.91 Å². The van der Waals surface area contributed by atoms with Crippen molar-refractivity contribution < 1.29 is 9.90 Å². The lowest BCUT2D eigenvalue weighted by Crippen LogP contribution is -2.25. The molecule has 0 heterocycles. The van der Waals surface area contributed by atoms with Crippen LogP contribution < -0.4 is 5.32 Å². The SMILES string of the molecule is O=C(CCc1cccc(Cl)c1)NCCC(O)c1ccccc1. The molecule has 0 spiro atoms. The lowest BCUT2D eigenvalue weighted by Gasteiger charge is -2.11. The van der Waals surface area contributed by atoms with Crippen LogP contribution in [0.25, 0.3) is 0 Å². The minimum atomic E-state index is -0.547. The van der Waals surface area contributed by atoms with E-state index in [0.717, 1.165) is 11.1 Å². The second kappa shape index (κ2) is 8.57. The molecule has 1 amide bonds. The van der Waals surface area contributed by atoms with Gasteiger partial charge in [0.05, 0.1) is 6.10 Å². The lowest BCUT2D eigenvalue weighted by atomic mass is 10.1. The van der Waals surface area contributed by atoms with Crippen LogP contribution in [0.4, 0.5) is 0 Å². The maximum absolute atomic E-state index is 11.8. The van der Waals surface area contributed by atoms with Crippen LogP contribution in [0, 0.1) is 0 Å². The molecule has 0 radical (unpaired) electrons. The van der Waals surface area contributed by atoms with Crippen LogP contribution >= 0.6 is 11.6 Å². The fraction of sp³-hybridized carbons (Fsp3) is 0.278. The number of benzene rings is 2. The number of carbonyl (C=O) groups is 1. The van der Waals surface area contributed by atoms with Gasteiger partial charge in [-0.3, -0.25) is 4.79 Å². The summed E-state index contributed by atoms with van der Waals surface area (Å²) in [5.74, 6) is -0.0137. The molecule has 116 valence electrons. The number of hydrogen-bond acceptors (Lipinski definition) is 2. The number of carbonyl (C=O) groups excluding carboxylic acids is 1. The largest absolute Gasteiger partial charge is 0.388 e. The van der Waals surface area contributed by atoms with Gasteiger partial charge in [0.1, 0.15) is 0 Å². The first-order valence-electron chi connectivity index (χ1n) is 7.39. The molecule has 1 atom stereocenters. The zero-order valence-electron chi connectivity index (χ0n) is 12.3. The van der Waals surface area contributed by atoms with Crippen molar-refractivity contribution >= 4 is 17.5 Å². The number of aryl methyl sites for hydroxylation is 1. The van der Waals surface area contributed by atoms with E-state index >= 15 is 0 Å². The number of rotatable bonds is 7. The van der Waals surface area contributed by atoms with Gasteiger partial charge in [-0.1, -0.05) is 54.1 Å². The first kappa shape index (κ1) is 16.5. The van der Waals surface area contributed by atoms with Crippen LogP contribution in [-0.2, 0) is 11.2 Å². The Kier molecular flexibility index (Phi) is 6.44. The predicted molar refractivity (Wildman–Crippen MR) is 88.8 cm³/mol. The maximum atomic E-state index is 11.8. The average Bonchev–Trinajstić information content (AvgIpc) is 2.54. The topological polar surface area (TPSA) is 49.3 Å². The van der Waals surface area contributed by atoms with E-state index in [2.05, 4.69) is 5.32 Å². The molecule has 0 aliphatic rings. The van der Waals surface area contributed by atoms with Gasteiger partial charge in [0.2, 0.25) is 5.91 Å². The molecule has 4 heteroatoms. The number of aliphatic hydroxyl groups is 1. The number of halogens is 1. The number of hydrogen-bond donors (Lipinski definition) is 2. The van der Waals surface area contributed by atoms with E-state index in [4.69, 9.17) is 11.6 Å². The second-order valence-electron chi connectivity index (χ2n) is 5.20. The van der Waals surface area contributed by atoms with Crippen LogP contribution in [0.15, 0.2) is 54.6 Å². The van der Waals surface area contributed by atoms with Crippen molar-refractivity contribution in [1.29, 1.82) is 0 Å². The highest BCUT2D eigenvalue weighted by atomic mass is 35.5. The normalized spacial score (nSPS) is 11.9. The van der Waals surface area contributed by atoms with Crippen molar-refractivity contribution in [3.05, 3.63) is 70.7 Å². The van der Waals surface area contributed by atoms with E-state index < -0.39 is 6.10 Å². The third-order valence-electron chi connectivity index (χ3n) is 3.45. The van der Waals surface area contributed by atoms with Gasteiger partial charge in [0.25, 0.3) is 0 Å². The third-order valence-corrected chi connectivity index (χ3v) is 3.69. The maximum Gasteiger partial charge on any atom is 0.220 e. The summed E-state index contributed by atoms with van der Waals surface area (Å²) in [6.45, 7) is 0.463. The van der Waals surface area contributed by atoms with Crippen molar-refractivity contribution in [3.63, 3.8) is 0 Å². The molecule has 0 aliphatic carbocycles.